The molecule has 1 aliphatic carbocycles. The van der Waals surface area contributed by atoms with Gasteiger partial charge in [0.2, 0.25) is 11.8 Å². The number of carbonyl (C=O) groups is 3. The van der Waals surface area contributed by atoms with Crippen LogP contribution in [-0.2, 0) is 19.1 Å². The molecule has 2 fully saturated rings. The van der Waals surface area contributed by atoms with Crippen molar-refractivity contribution < 1.29 is 33.7 Å². The molecule has 226 valence electrons. The van der Waals surface area contributed by atoms with Crippen LogP contribution in [-0.4, -0.2) is 59.3 Å². The molecule has 6 rings (SSSR count). The van der Waals surface area contributed by atoms with Crippen LogP contribution >= 0.6 is 11.6 Å². The van der Waals surface area contributed by atoms with Crippen molar-refractivity contribution in [3.05, 3.63) is 100 Å². The van der Waals surface area contributed by atoms with Crippen molar-refractivity contribution in [2.24, 2.45) is 17.8 Å². The molecule has 2 aromatic carbocycles. The van der Waals surface area contributed by atoms with E-state index < -0.39 is 29.7 Å². The van der Waals surface area contributed by atoms with Gasteiger partial charge in [0, 0.05) is 12.1 Å². The summed E-state index contributed by atoms with van der Waals surface area (Å²) in [5.41, 5.74) is 4.30. The minimum absolute atomic E-state index is 0.0791. The standard InChI is InChI=1S/C34H31ClN2O7/c1-42-34(41)37-32(39)25-16-22(18-43-24-7-3-2-4-8-24)30-26(31(25)33(37)40)19-44-29(30)13-11-21(28-9-5-6-14-36-28)15-20-10-12-23(38)17-27(20)35/h2-10,12,14-15,17,25-26,29,31,38H,11,13,16,18-19H2,1H3/b21-15-/t25-,26+,29-,31-/m1/s1. The van der Waals surface area contributed by atoms with E-state index in [4.69, 9.17) is 25.8 Å². The number of aromatic nitrogens is 1. The van der Waals surface area contributed by atoms with E-state index >= 15 is 0 Å². The lowest BCUT2D eigenvalue weighted by Crippen LogP contribution is -2.38. The number of fused-ring (bicyclic) bond motifs is 3. The SMILES string of the molecule is COC(=O)N1C(=O)[C@@H]2[C@@H](CC(COc3ccccc3)=C3[C@@H](CC/C(=C/c4ccc(O)cc4Cl)c4ccccn4)OC[C@@H]32)C1=O. The van der Waals surface area contributed by atoms with Gasteiger partial charge in [-0.25, -0.2) is 4.79 Å². The Morgan fingerprint density at radius 2 is 1.89 bits per heavy atom. The molecule has 0 bridgehead atoms. The van der Waals surface area contributed by atoms with Gasteiger partial charge in [0.05, 0.1) is 42.4 Å². The average Bonchev–Trinajstić information content (AvgIpc) is 3.57. The monoisotopic (exact) mass is 614 g/mol. The largest absolute Gasteiger partial charge is 0.508 e. The average molecular weight is 615 g/mol. The molecule has 1 aromatic heterocycles. The molecule has 3 aromatic rings. The van der Waals surface area contributed by atoms with Crippen LogP contribution in [0, 0.1) is 17.8 Å². The Kier molecular flexibility index (Phi) is 8.50. The number of phenols is 1. The minimum Gasteiger partial charge on any atom is -0.508 e. The van der Waals surface area contributed by atoms with Crippen molar-refractivity contribution in [1.82, 2.24) is 9.88 Å². The van der Waals surface area contributed by atoms with Gasteiger partial charge in [-0.3, -0.25) is 14.6 Å². The van der Waals surface area contributed by atoms with E-state index in [1.54, 1.807) is 18.3 Å². The fourth-order valence-electron chi connectivity index (χ4n) is 6.50. The first-order valence-corrected chi connectivity index (χ1v) is 14.8. The van der Waals surface area contributed by atoms with Gasteiger partial charge >= 0.3 is 6.09 Å². The zero-order chi connectivity index (χ0) is 30.8. The molecule has 3 amide bonds. The van der Waals surface area contributed by atoms with E-state index in [0.29, 0.717) is 28.5 Å². The van der Waals surface area contributed by atoms with Crippen LogP contribution in [0.15, 0.2) is 84.1 Å². The summed E-state index contributed by atoms with van der Waals surface area (Å²) >= 11 is 6.44. The molecule has 0 spiro atoms. The summed E-state index contributed by atoms with van der Waals surface area (Å²) in [6.07, 6.45) is 3.79. The van der Waals surface area contributed by atoms with Crippen LogP contribution in [0.2, 0.25) is 5.02 Å². The quantitative estimate of drug-likeness (QED) is 0.245. The summed E-state index contributed by atoms with van der Waals surface area (Å²) in [6, 6.07) is 19.9. The highest BCUT2D eigenvalue weighted by Crippen LogP contribution is 2.50. The third kappa shape index (κ3) is 5.73. The first-order valence-electron chi connectivity index (χ1n) is 14.4. The number of nitrogens with zero attached hydrogens (tertiary/aromatic N) is 2. The van der Waals surface area contributed by atoms with E-state index in [9.17, 15) is 19.5 Å². The number of carbonyl (C=O) groups excluding carboxylic acids is 3. The fourth-order valence-corrected chi connectivity index (χ4v) is 6.73. The summed E-state index contributed by atoms with van der Waals surface area (Å²) in [5, 5.41) is 10.2. The molecule has 10 heteroatoms. The van der Waals surface area contributed by atoms with Gasteiger partial charge in [-0.15, -0.1) is 0 Å². The van der Waals surface area contributed by atoms with Gasteiger partial charge in [-0.2, -0.15) is 4.90 Å². The molecule has 44 heavy (non-hydrogen) atoms. The molecule has 9 nitrogen and oxygen atoms in total. The maximum absolute atomic E-state index is 13.4. The summed E-state index contributed by atoms with van der Waals surface area (Å²) in [6.45, 7) is 0.473. The van der Waals surface area contributed by atoms with Crippen LogP contribution in [0.25, 0.3) is 11.6 Å². The first-order chi connectivity index (χ1) is 21.4. The zero-order valence-corrected chi connectivity index (χ0v) is 24.8. The van der Waals surface area contributed by atoms with Crippen LogP contribution in [0.5, 0.6) is 11.5 Å². The highest BCUT2D eigenvalue weighted by atomic mass is 35.5. The molecule has 3 aliphatic rings. The number of halogens is 1. The molecule has 3 heterocycles. The van der Waals surface area contributed by atoms with Crippen molar-refractivity contribution in [1.29, 1.82) is 0 Å². The van der Waals surface area contributed by atoms with Gasteiger partial charge in [-0.1, -0.05) is 35.9 Å². The minimum atomic E-state index is -0.966. The van der Waals surface area contributed by atoms with E-state index in [2.05, 4.69) is 4.98 Å². The van der Waals surface area contributed by atoms with Gasteiger partial charge < -0.3 is 19.3 Å². The number of methoxy groups -OCH3 is 1. The van der Waals surface area contributed by atoms with E-state index in [1.165, 1.54) is 6.07 Å². The molecule has 0 unspecified atom stereocenters. The van der Waals surface area contributed by atoms with Gasteiger partial charge in [0.25, 0.3) is 0 Å². The highest BCUT2D eigenvalue weighted by Gasteiger charge is 2.59. The maximum atomic E-state index is 13.4. The normalized spacial score (nSPS) is 23.0. The number of hydrogen-bond acceptors (Lipinski definition) is 8. The van der Waals surface area contributed by atoms with Crippen molar-refractivity contribution in [2.75, 3.05) is 20.3 Å². The smallest absolute Gasteiger partial charge is 0.423 e. The Hall–Kier alpha value is -4.47. The van der Waals surface area contributed by atoms with E-state index in [-0.39, 0.29) is 37.4 Å². The van der Waals surface area contributed by atoms with Crippen molar-refractivity contribution in [2.45, 2.75) is 25.4 Å². The van der Waals surface area contributed by atoms with E-state index in [0.717, 1.165) is 35.1 Å². The lowest BCUT2D eigenvalue weighted by molar-refractivity contribution is -0.137. The Morgan fingerprint density at radius 3 is 2.61 bits per heavy atom. The number of amides is 3. The number of rotatable bonds is 8. The number of benzene rings is 2. The first kappa shape index (κ1) is 29.6. The number of para-hydroxylation sites is 1. The Bertz CT molecular complexity index is 1640. The summed E-state index contributed by atoms with van der Waals surface area (Å²) in [4.78, 5) is 44.3. The van der Waals surface area contributed by atoms with Crippen molar-refractivity contribution >= 4 is 41.2 Å². The lowest BCUT2D eigenvalue weighted by Gasteiger charge is -2.31. The van der Waals surface area contributed by atoms with Crippen LogP contribution in [0.4, 0.5) is 4.79 Å². The Labute approximate surface area is 259 Å². The van der Waals surface area contributed by atoms with Crippen molar-refractivity contribution in [3.8, 4) is 11.5 Å². The number of ether oxygens (including phenoxy) is 3. The van der Waals surface area contributed by atoms with Crippen LogP contribution in [0.1, 0.15) is 30.5 Å². The zero-order valence-electron chi connectivity index (χ0n) is 24.0. The molecule has 2 aliphatic heterocycles. The predicted molar refractivity (Wildman–Crippen MR) is 163 cm³/mol. The van der Waals surface area contributed by atoms with E-state index in [1.807, 2.05) is 54.6 Å². The second-order valence-electron chi connectivity index (χ2n) is 11.0. The maximum Gasteiger partial charge on any atom is 0.423 e. The third-order valence-electron chi connectivity index (χ3n) is 8.50. The third-order valence-corrected chi connectivity index (χ3v) is 8.83. The number of hydrogen-bond donors (Lipinski definition) is 1. The summed E-state index contributed by atoms with van der Waals surface area (Å²) in [5.74, 6) is -2.08. The lowest BCUT2D eigenvalue weighted by atomic mass is 9.69. The highest BCUT2D eigenvalue weighted by molar-refractivity contribution is 6.32. The number of likely N-dealkylation sites (tertiary alicyclic amines) is 1. The molecular weight excluding hydrogens is 584 g/mol. The molecule has 0 radical (unpaired) electrons. The van der Waals surface area contributed by atoms with Gasteiger partial charge in [0.15, 0.2) is 0 Å². The number of allylic oxidation sites excluding steroid dienone is 1. The topological polar surface area (TPSA) is 115 Å². The number of imide groups is 3. The fraction of sp³-hybridized carbons (Fsp3) is 0.294. The van der Waals surface area contributed by atoms with Crippen LogP contribution < -0.4 is 4.74 Å². The summed E-state index contributed by atoms with van der Waals surface area (Å²) in [7, 11) is 1.15. The predicted octanol–water partition coefficient (Wildman–Crippen LogP) is 5.92. The van der Waals surface area contributed by atoms with Gasteiger partial charge in [0.1, 0.15) is 18.1 Å². The van der Waals surface area contributed by atoms with Crippen LogP contribution in [0.3, 0.4) is 0 Å². The molecular formula is C34H31ClN2O7. The Balaban J connectivity index is 1.32. The Morgan fingerprint density at radius 1 is 1.09 bits per heavy atom. The number of phenolic OH excluding ortho intramolecular Hbond substituents is 1. The molecule has 1 N–H and O–H groups in total. The van der Waals surface area contributed by atoms with Crippen molar-refractivity contribution in [3.63, 3.8) is 0 Å². The number of pyridine rings is 1. The number of aromatic hydroxyl groups is 1. The molecule has 0 saturated carbocycles. The second kappa shape index (κ2) is 12.6. The molecule has 4 atom stereocenters. The second-order valence-corrected chi connectivity index (χ2v) is 11.4. The van der Waals surface area contributed by atoms with Gasteiger partial charge in [-0.05, 0) is 90.1 Å². The summed E-state index contributed by atoms with van der Waals surface area (Å²) < 4.78 is 17.2. The molecule has 2 saturated heterocycles.